The van der Waals surface area contributed by atoms with E-state index < -0.39 is 12.2 Å². The van der Waals surface area contributed by atoms with E-state index in [-0.39, 0.29) is 12.2 Å². The Balaban J connectivity index is 3.61. The molecular formula is C20H34N2O4. The van der Waals surface area contributed by atoms with Crippen LogP contribution in [-0.4, -0.2) is 34.4 Å². The maximum absolute atomic E-state index is 12.9. The second-order valence-electron chi connectivity index (χ2n) is 6.75. The number of ether oxygens (including phenoxy) is 2. The number of hydrogen-bond acceptors (Lipinski definition) is 4. The van der Waals surface area contributed by atoms with Crippen molar-refractivity contribution >= 4 is 12.2 Å². The van der Waals surface area contributed by atoms with Gasteiger partial charge in [-0.15, -0.1) is 0 Å². The van der Waals surface area contributed by atoms with Crippen molar-refractivity contribution in [2.45, 2.75) is 93.3 Å². The van der Waals surface area contributed by atoms with Gasteiger partial charge in [-0.3, -0.25) is 0 Å². The van der Waals surface area contributed by atoms with Crippen LogP contribution in [0.2, 0.25) is 0 Å². The van der Waals surface area contributed by atoms with Crippen LogP contribution < -0.4 is 0 Å². The molecule has 0 N–H and O–H groups in total. The van der Waals surface area contributed by atoms with Gasteiger partial charge in [0.05, 0.1) is 23.6 Å². The van der Waals surface area contributed by atoms with E-state index in [1.165, 1.54) is 10.0 Å². The average molecular weight is 367 g/mol. The summed E-state index contributed by atoms with van der Waals surface area (Å²) in [5.41, 5.74) is 3.82. The normalized spacial score (nSPS) is 15.3. The van der Waals surface area contributed by atoms with Gasteiger partial charge in [-0.2, -0.15) is 10.0 Å². The van der Waals surface area contributed by atoms with Crippen molar-refractivity contribution in [3.05, 3.63) is 22.5 Å². The highest BCUT2D eigenvalue weighted by atomic mass is 16.6. The second kappa shape index (κ2) is 9.64. The van der Waals surface area contributed by atoms with Crippen LogP contribution in [0.15, 0.2) is 22.5 Å². The van der Waals surface area contributed by atoms with E-state index in [9.17, 15) is 9.59 Å². The predicted octanol–water partition coefficient (Wildman–Crippen LogP) is 5.76. The van der Waals surface area contributed by atoms with Gasteiger partial charge >= 0.3 is 12.2 Å². The van der Waals surface area contributed by atoms with Gasteiger partial charge in [0, 0.05) is 0 Å². The lowest BCUT2D eigenvalue weighted by Crippen LogP contribution is -2.52. The number of amides is 2. The Hall–Kier alpha value is -1.98. The fourth-order valence-electron chi connectivity index (χ4n) is 3.29. The molecule has 1 rings (SSSR count). The minimum absolute atomic E-state index is 0.282. The van der Waals surface area contributed by atoms with Gasteiger partial charge in [-0.05, 0) is 64.5 Å². The van der Waals surface area contributed by atoms with Gasteiger partial charge in [0.25, 0.3) is 0 Å². The smallest absolute Gasteiger partial charge is 0.434 e. The van der Waals surface area contributed by atoms with Gasteiger partial charge < -0.3 is 9.47 Å². The van der Waals surface area contributed by atoms with Crippen LogP contribution in [0.5, 0.6) is 0 Å². The molecule has 0 bridgehead atoms. The van der Waals surface area contributed by atoms with Crippen LogP contribution in [0.25, 0.3) is 0 Å². The quantitative estimate of drug-likeness (QED) is 0.600. The molecule has 0 aromatic carbocycles. The molecule has 1 aliphatic rings. The van der Waals surface area contributed by atoms with Crippen molar-refractivity contribution in [1.82, 2.24) is 10.0 Å². The summed E-state index contributed by atoms with van der Waals surface area (Å²) in [6, 6.07) is 0. The van der Waals surface area contributed by atoms with Crippen molar-refractivity contribution in [3.8, 4) is 0 Å². The number of carbonyl (C=O) groups is 2. The van der Waals surface area contributed by atoms with Crippen LogP contribution in [0.3, 0.4) is 0 Å². The van der Waals surface area contributed by atoms with Gasteiger partial charge in [0.1, 0.15) is 0 Å². The number of hydrazine groups is 1. The minimum Gasteiger partial charge on any atom is -0.445 e. The summed E-state index contributed by atoms with van der Waals surface area (Å²) in [6.07, 6.45) is 1.13. The van der Waals surface area contributed by atoms with Gasteiger partial charge in [0.15, 0.2) is 0 Å². The Morgan fingerprint density at radius 3 is 1.19 bits per heavy atom. The lowest BCUT2D eigenvalue weighted by molar-refractivity contribution is -0.00823. The van der Waals surface area contributed by atoms with Crippen molar-refractivity contribution in [2.24, 2.45) is 0 Å². The van der Waals surface area contributed by atoms with Crippen LogP contribution in [0.4, 0.5) is 9.59 Å². The van der Waals surface area contributed by atoms with Crippen molar-refractivity contribution in [1.29, 1.82) is 0 Å². The number of nitrogens with zero attached hydrogens (tertiary/aromatic N) is 2. The molecule has 0 aliphatic carbocycles. The summed E-state index contributed by atoms with van der Waals surface area (Å²) in [7, 11) is 0. The molecule has 0 spiro atoms. The first-order valence-corrected chi connectivity index (χ1v) is 9.68. The zero-order chi connectivity index (χ0) is 20.0. The average Bonchev–Trinajstić information content (AvgIpc) is 2.57. The highest BCUT2D eigenvalue weighted by Gasteiger charge is 2.40. The number of carbonyl (C=O) groups excluding carboxylic acids is 2. The lowest BCUT2D eigenvalue weighted by atomic mass is 9.92. The lowest BCUT2D eigenvalue weighted by Gasteiger charge is -2.42. The highest BCUT2D eigenvalue weighted by molar-refractivity contribution is 5.79. The van der Waals surface area contributed by atoms with E-state index in [2.05, 4.69) is 13.8 Å². The van der Waals surface area contributed by atoms with E-state index in [0.29, 0.717) is 12.8 Å². The molecule has 0 aromatic rings. The highest BCUT2D eigenvalue weighted by Crippen LogP contribution is 2.38. The SMILES string of the molecule is CCC1=C(CC)N(C(=O)OC(C)C)N(C(=O)OC(C)C)C(CC)=C1CC. The van der Waals surface area contributed by atoms with Crippen LogP contribution >= 0.6 is 0 Å². The van der Waals surface area contributed by atoms with Crippen LogP contribution in [0, 0.1) is 0 Å². The third-order valence-electron chi connectivity index (χ3n) is 4.17. The molecule has 6 nitrogen and oxygen atoms in total. The predicted molar refractivity (Wildman–Crippen MR) is 102 cm³/mol. The summed E-state index contributed by atoms with van der Waals surface area (Å²) in [5, 5.41) is 2.75. The Morgan fingerprint density at radius 1 is 0.692 bits per heavy atom. The van der Waals surface area contributed by atoms with Crippen LogP contribution in [0.1, 0.15) is 81.1 Å². The molecule has 1 heterocycles. The molecule has 1 aliphatic heterocycles. The van der Waals surface area contributed by atoms with Crippen molar-refractivity contribution in [2.75, 3.05) is 0 Å². The van der Waals surface area contributed by atoms with E-state index in [0.717, 1.165) is 35.4 Å². The van der Waals surface area contributed by atoms with E-state index in [4.69, 9.17) is 9.47 Å². The number of hydrogen-bond donors (Lipinski definition) is 0. The summed E-state index contributed by atoms with van der Waals surface area (Å²) in [6.45, 7) is 15.3. The molecular weight excluding hydrogens is 332 g/mol. The number of rotatable bonds is 6. The van der Waals surface area contributed by atoms with Crippen molar-refractivity contribution in [3.63, 3.8) is 0 Å². The molecule has 0 saturated heterocycles. The molecule has 0 unspecified atom stereocenters. The standard InChI is InChI=1S/C20H34N2O4/c1-9-15-16(10-2)18(12-4)22(20(24)26-14(7)8)21(17(15)11-3)19(23)25-13(5)6/h13-14H,9-12H2,1-8H3. The molecule has 2 amide bonds. The molecule has 0 fully saturated rings. The molecule has 148 valence electrons. The first kappa shape index (κ1) is 22.1. The third-order valence-corrected chi connectivity index (χ3v) is 4.17. The van der Waals surface area contributed by atoms with Gasteiger partial charge in [-0.25, -0.2) is 9.59 Å². The summed E-state index contributed by atoms with van der Waals surface area (Å²) in [4.78, 5) is 25.8. The topological polar surface area (TPSA) is 59.1 Å². The fraction of sp³-hybridized carbons (Fsp3) is 0.700. The molecule has 26 heavy (non-hydrogen) atoms. The summed E-state index contributed by atoms with van der Waals surface area (Å²) in [5.74, 6) is 0. The molecule has 0 saturated carbocycles. The first-order valence-electron chi connectivity index (χ1n) is 9.68. The fourth-order valence-corrected chi connectivity index (χ4v) is 3.29. The van der Waals surface area contributed by atoms with E-state index >= 15 is 0 Å². The zero-order valence-electron chi connectivity index (χ0n) is 17.5. The van der Waals surface area contributed by atoms with Gasteiger partial charge in [-0.1, -0.05) is 27.7 Å². The monoisotopic (exact) mass is 366 g/mol. The Morgan fingerprint density at radius 2 is 1.00 bits per heavy atom. The minimum atomic E-state index is -0.551. The maximum atomic E-state index is 12.9. The largest absolute Gasteiger partial charge is 0.445 e. The maximum Gasteiger partial charge on any atom is 0.434 e. The van der Waals surface area contributed by atoms with E-state index in [1.54, 1.807) is 27.7 Å². The summed E-state index contributed by atoms with van der Waals surface area (Å²) >= 11 is 0. The Kier molecular flexibility index (Phi) is 8.18. The molecule has 0 radical (unpaired) electrons. The van der Waals surface area contributed by atoms with Crippen LogP contribution in [-0.2, 0) is 9.47 Å². The zero-order valence-corrected chi connectivity index (χ0v) is 17.5. The second-order valence-corrected chi connectivity index (χ2v) is 6.75. The summed E-state index contributed by atoms with van der Waals surface area (Å²) < 4.78 is 10.9. The molecule has 0 aromatic heterocycles. The Bertz CT molecular complexity index is 539. The van der Waals surface area contributed by atoms with Gasteiger partial charge in [0.2, 0.25) is 0 Å². The third kappa shape index (κ3) is 4.59. The molecule has 0 atom stereocenters. The Labute approximate surface area is 157 Å². The van der Waals surface area contributed by atoms with E-state index in [1.807, 2.05) is 13.8 Å². The van der Waals surface area contributed by atoms with Crippen molar-refractivity contribution < 1.29 is 19.1 Å². The molecule has 6 heteroatoms. The first-order chi connectivity index (χ1) is 12.2. The number of allylic oxidation sites excluding steroid dienone is 4.